The Morgan fingerprint density at radius 2 is 1.90 bits per heavy atom. The average molecular weight is 409 g/mol. The monoisotopic (exact) mass is 408 g/mol. The maximum Gasteiger partial charge on any atom is 0.246 e. The molecule has 0 aliphatic carbocycles. The SMILES string of the molecule is C#Cc1cccc(NC(=O)CN=C(NCC)NCCc2ccc(OC)c(OC)c2)c1. The summed E-state index contributed by atoms with van der Waals surface area (Å²) >= 11 is 0. The number of rotatable bonds is 9. The molecule has 158 valence electrons. The number of nitrogens with one attached hydrogen (secondary N) is 3. The molecule has 0 aliphatic heterocycles. The minimum Gasteiger partial charge on any atom is -0.493 e. The van der Waals surface area contributed by atoms with Crippen LogP contribution < -0.4 is 25.4 Å². The van der Waals surface area contributed by atoms with Crippen molar-refractivity contribution >= 4 is 17.6 Å². The van der Waals surface area contributed by atoms with Crippen LogP contribution in [0.5, 0.6) is 11.5 Å². The first-order valence-corrected chi connectivity index (χ1v) is 9.69. The zero-order valence-electron chi connectivity index (χ0n) is 17.6. The molecule has 0 heterocycles. The average Bonchev–Trinajstić information content (AvgIpc) is 2.77. The van der Waals surface area contributed by atoms with Gasteiger partial charge in [-0.2, -0.15) is 0 Å². The molecule has 0 saturated heterocycles. The number of carbonyl (C=O) groups excluding carboxylic acids is 1. The van der Waals surface area contributed by atoms with Crippen molar-refractivity contribution in [2.75, 3.05) is 39.2 Å². The molecule has 0 radical (unpaired) electrons. The van der Waals surface area contributed by atoms with E-state index in [1.165, 1.54) is 0 Å². The lowest BCUT2D eigenvalue weighted by molar-refractivity contribution is -0.114. The van der Waals surface area contributed by atoms with Crippen LogP contribution in [0.3, 0.4) is 0 Å². The largest absolute Gasteiger partial charge is 0.493 e. The Labute approximate surface area is 177 Å². The summed E-state index contributed by atoms with van der Waals surface area (Å²) in [5.41, 5.74) is 2.46. The molecule has 0 saturated carbocycles. The van der Waals surface area contributed by atoms with Crippen LogP contribution in [0.25, 0.3) is 0 Å². The molecule has 2 aromatic carbocycles. The third-order valence-corrected chi connectivity index (χ3v) is 4.19. The van der Waals surface area contributed by atoms with Crippen molar-refractivity contribution in [2.24, 2.45) is 4.99 Å². The molecule has 7 heteroatoms. The molecule has 0 bridgehead atoms. The van der Waals surface area contributed by atoms with E-state index in [4.69, 9.17) is 15.9 Å². The molecule has 2 rings (SSSR count). The molecular formula is C23H28N4O3. The standard InChI is InChI=1S/C23H28N4O3/c1-5-17-8-7-9-19(14-17)27-22(28)16-26-23(24-6-2)25-13-12-18-10-11-20(29-3)21(15-18)30-4/h1,7-11,14-15H,6,12-13,16H2,2-4H3,(H,27,28)(H2,24,25,26). The van der Waals surface area contributed by atoms with Gasteiger partial charge in [-0.05, 0) is 49.2 Å². The number of hydrogen-bond donors (Lipinski definition) is 3. The zero-order chi connectivity index (χ0) is 21.8. The van der Waals surface area contributed by atoms with Crippen LogP contribution in [0.15, 0.2) is 47.5 Å². The predicted octanol–water partition coefficient (Wildman–Crippen LogP) is 2.42. The van der Waals surface area contributed by atoms with Crippen LogP contribution in [-0.4, -0.2) is 45.7 Å². The van der Waals surface area contributed by atoms with Crippen molar-refractivity contribution in [3.63, 3.8) is 0 Å². The molecule has 0 aromatic heterocycles. The number of carbonyl (C=O) groups is 1. The molecule has 0 spiro atoms. The number of ether oxygens (including phenoxy) is 2. The van der Waals surface area contributed by atoms with Gasteiger partial charge >= 0.3 is 0 Å². The fourth-order valence-corrected chi connectivity index (χ4v) is 2.74. The van der Waals surface area contributed by atoms with E-state index in [-0.39, 0.29) is 12.5 Å². The van der Waals surface area contributed by atoms with Gasteiger partial charge in [0.15, 0.2) is 17.5 Å². The normalized spacial score (nSPS) is 10.7. The highest BCUT2D eigenvalue weighted by Crippen LogP contribution is 2.27. The highest BCUT2D eigenvalue weighted by Gasteiger charge is 2.06. The summed E-state index contributed by atoms with van der Waals surface area (Å²) in [5.74, 6) is 4.29. The van der Waals surface area contributed by atoms with Gasteiger partial charge in [-0.3, -0.25) is 4.79 Å². The highest BCUT2D eigenvalue weighted by molar-refractivity contribution is 5.94. The Kier molecular flexibility index (Phi) is 9.07. The van der Waals surface area contributed by atoms with Gasteiger partial charge in [0.05, 0.1) is 14.2 Å². The van der Waals surface area contributed by atoms with Crippen molar-refractivity contribution in [3.05, 3.63) is 53.6 Å². The van der Waals surface area contributed by atoms with Gasteiger partial charge in [-0.15, -0.1) is 6.42 Å². The van der Waals surface area contributed by atoms with Gasteiger partial charge in [-0.1, -0.05) is 18.1 Å². The van der Waals surface area contributed by atoms with Crippen molar-refractivity contribution in [1.82, 2.24) is 10.6 Å². The van der Waals surface area contributed by atoms with Gasteiger partial charge < -0.3 is 25.4 Å². The molecule has 0 atom stereocenters. The Morgan fingerprint density at radius 3 is 2.60 bits per heavy atom. The molecular weight excluding hydrogens is 380 g/mol. The lowest BCUT2D eigenvalue weighted by atomic mass is 10.1. The molecule has 0 unspecified atom stereocenters. The van der Waals surface area contributed by atoms with Gasteiger partial charge in [0.2, 0.25) is 5.91 Å². The number of amides is 1. The number of nitrogens with zero attached hydrogens (tertiary/aromatic N) is 1. The molecule has 7 nitrogen and oxygen atoms in total. The summed E-state index contributed by atoms with van der Waals surface area (Å²) in [7, 11) is 3.23. The van der Waals surface area contributed by atoms with Crippen LogP contribution >= 0.6 is 0 Å². The van der Waals surface area contributed by atoms with Gasteiger partial charge in [-0.25, -0.2) is 4.99 Å². The number of terminal acetylenes is 1. The summed E-state index contributed by atoms with van der Waals surface area (Å²) in [6.45, 7) is 3.30. The Bertz CT molecular complexity index is 919. The fourth-order valence-electron chi connectivity index (χ4n) is 2.74. The lowest BCUT2D eigenvalue weighted by Gasteiger charge is -2.13. The number of anilines is 1. The van der Waals surface area contributed by atoms with Gasteiger partial charge in [0.25, 0.3) is 0 Å². The second kappa shape index (κ2) is 12.0. The minimum absolute atomic E-state index is 0.00796. The van der Waals surface area contributed by atoms with Crippen LogP contribution in [0.1, 0.15) is 18.1 Å². The van der Waals surface area contributed by atoms with Crippen LogP contribution in [-0.2, 0) is 11.2 Å². The molecule has 1 amide bonds. The minimum atomic E-state index is -0.221. The van der Waals surface area contributed by atoms with E-state index in [2.05, 4.69) is 26.9 Å². The van der Waals surface area contributed by atoms with Gasteiger partial charge in [0, 0.05) is 24.3 Å². The van der Waals surface area contributed by atoms with Gasteiger partial charge in [0.1, 0.15) is 6.54 Å². The third-order valence-electron chi connectivity index (χ3n) is 4.19. The van der Waals surface area contributed by atoms with E-state index in [1.807, 2.05) is 25.1 Å². The zero-order valence-corrected chi connectivity index (χ0v) is 17.6. The number of hydrogen-bond acceptors (Lipinski definition) is 4. The summed E-state index contributed by atoms with van der Waals surface area (Å²) in [6.07, 6.45) is 6.15. The summed E-state index contributed by atoms with van der Waals surface area (Å²) < 4.78 is 10.6. The Hall–Kier alpha value is -3.66. The molecule has 3 N–H and O–H groups in total. The van der Waals surface area contributed by atoms with Crippen molar-refractivity contribution in [3.8, 4) is 23.8 Å². The van der Waals surface area contributed by atoms with E-state index in [1.54, 1.807) is 38.5 Å². The molecule has 0 fully saturated rings. The quantitative estimate of drug-likeness (QED) is 0.337. The maximum atomic E-state index is 12.2. The van der Waals surface area contributed by atoms with Crippen molar-refractivity contribution in [1.29, 1.82) is 0 Å². The Morgan fingerprint density at radius 1 is 1.10 bits per heavy atom. The van der Waals surface area contributed by atoms with E-state index < -0.39 is 0 Å². The summed E-state index contributed by atoms with van der Waals surface area (Å²) in [6, 6.07) is 13.0. The second-order valence-electron chi connectivity index (χ2n) is 6.33. The van der Waals surface area contributed by atoms with E-state index in [0.717, 1.165) is 12.0 Å². The fraction of sp³-hybridized carbons (Fsp3) is 0.304. The summed E-state index contributed by atoms with van der Waals surface area (Å²) in [4.78, 5) is 16.5. The number of guanidine groups is 1. The highest BCUT2D eigenvalue weighted by atomic mass is 16.5. The molecule has 0 aliphatic rings. The number of benzene rings is 2. The third kappa shape index (κ3) is 7.06. The summed E-state index contributed by atoms with van der Waals surface area (Å²) in [5, 5.41) is 9.16. The van der Waals surface area contributed by atoms with Crippen LogP contribution in [0.2, 0.25) is 0 Å². The van der Waals surface area contributed by atoms with Crippen LogP contribution in [0.4, 0.5) is 5.69 Å². The number of aliphatic imine (C=N–C) groups is 1. The maximum absolute atomic E-state index is 12.2. The van der Waals surface area contributed by atoms with E-state index in [9.17, 15) is 4.79 Å². The lowest BCUT2D eigenvalue weighted by Crippen LogP contribution is -2.39. The molecule has 30 heavy (non-hydrogen) atoms. The molecule has 2 aromatic rings. The number of methoxy groups -OCH3 is 2. The van der Waals surface area contributed by atoms with Crippen molar-refractivity contribution in [2.45, 2.75) is 13.3 Å². The Balaban J connectivity index is 1.89. The first kappa shape index (κ1) is 22.6. The first-order valence-electron chi connectivity index (χ1n) is 9.69. The van der Waals surface area contributed by atoms with E-state index >= 15 is 0 Å². The smallest absolute Gasteiger partial charge is 0.246 e. The second-order valence-corrected chi connectivity index (χ2v) is 6.33. The first-order chi connectivity index (χ1) is 14.6. The van der Waals surface area contributed by atoms with Crippen LogP contribution in [0, 0.1) is 12.3 Å². The van der Waals surface area contributed by atoms with E-state index in [0.29, 0.717) is 41.8 Å². The van der Waals surface area contributed by atoms with Crippen molar-refractivity contribution < 1.29 is 14.3 Å². The topological polar surface area (TPSA) is 84.0 Å². The predicted molar refractivity (Wildman–Crippen MR) is 120 cm³/mol.